The minimum absolute atomic E-state index is 0.0633. The van der Waals surface area contributed by atoms with Crippen molar-refractivity contribution in [3.05, 3.63) is 83.4 Å². The normalized spacial score (nSPS) is 12.5. The third-order valence-electron chi connectivity index (χ3n) is 4.91. The molecular weight excluding hydrogens is 542 g/mol. The molecular formula is C25H18F6O6S. The average molecular weight is 560 g/mol. The molecule has 0 aromatic heterocycles. The van der Waals surface area contributed by atoms with E-state index in [0.717, 1.165) is 18.2 Å². The predicted molar refractivity (Wildman–Crippen MR) is 122 cm³/mol. The Morgan fingerprint density at radius 2 is 1.50 bits per heavy atom. The molecule has 3 aromatic carbocycles. The summed E-state index contributed by atoms with van der Waals surface area (Å²) in [5, 5.41) is 10.1. The van der Waals surface area contributed by atoms with Crippen LogP contribution in [-0.2, 0) is 31.7 Å². The number of ether oxygens (including phenoxy) is 2. The molecule has 0 spiro atoms. The summed E-state index contributed by atoms with van der Waals surface area (Å²) in [7, 11) is -4.42. The molecule has 0 saturated heterocycles. The fourth-order valence-corrected chi connectivity index (χ4v) is 4.63. The second-order valence-corrected chi connectivity index (χ2v) is 9.49. The maximum absolute atomic E-state index is 13.9. The van der Waals surface area contributed by atoms with E-state index in [-0.39, 0.29) is 11.5 Å². The van der Waals surface area contributed by atoms with Gasteiger partial charge in [-0.05, 0) is 55.0 Å². The molecule has 0 aliphatic rings. The zero-order chi connectivity index (χ0) is 28.3. The van der Waals surface area contributed by atoms with Crippen molar-refractivity contribution in [2.24, 2.45) is 0 Å². The number of phenols is 1. The van der Waals surface area contributed by atoms with Gasteiger partial charge in [0.05, 0.1) is 22.6 Å². The third kappa shape index (κ3) is 6.46. The van der Waals surface area contributed by atoms with Crippen LogP contribution in [0.3, 0.4) is 0 Å². The number of hydrogen-bond acceptors (Lipinski definition) is 6. The SMILES string of the molecule is CCOC(=O)C=Cc1cc(C(F)(F)F)c(Oc2ccc(O)c(S(=O)(=O)c3ccccc3)c2)c(C(F)(F)F)c1. The van der Waals surface area contributed by atoms with Gasteiger partial charge in [-0.1, -0.05) is 18.2 Å². The highest BCUT2D eigenvalue weighted by molar-refractivity contribution is 7.91. The zero-order valence-corrected chi connectivity index (χ0v) is 20.1. The molecule has 0 aliphatic carbocycles. The lowest BCUT2D eigenvalue weighted by molar-refractivity contribution is -0.145. The summed E-state index contributed by atoms with van der Waals surface area (Å²) in [5.74, 6) is -4.14. The average Bonchev–Trinajstić information content (AvgIpc) is 2.83. The molecule has 202 valence electrons. The molecule has 0 radical (unpaired) electrons. The largest absolute Gasteiger partial charge is 0.507 e. The molecule has 0 aliphatic heterocycles. The summed E-state index contributed by atoms with van der Waals surface area (Å²) < 4.78 is 119. The van der Waals surface area contributed by atoms with Crippen molar-refractivity contribution in [3.8, 4) is 17.2 Å². The standard InChI is InChI=1S/C25H18F6O6S/c1-2-36-22(33)11-8-15-12-18(24(26,27)28)23(19(13-15)25(29,30)31)37-16-9-10-20(32)21(14-16)38(34,35)17-6-4-3-5-7-17/h3-14,32H,2H2,1H3. The second-order valence-electron chi connectivity index (χ2n) is 7.57. The Kier molecular flexibility index (Phi) is 8.10. The van der Waals surface area contributed by atoms with Crippen molar-refractivity contribution in [3.63, 3.8) is 0 Å². The molecule has 0 heterocycles. The molecule has 13 heteroatoms. The van der Waals surface area contributed by atoms with Crippen molar-refractivity contribution in [2.75, 3.05) is 6.61 Å². The van der Waals surface area contributed by atoms with Crippen molar-refractivity contribution in [1.29, 1.82) is 0 Å². The number of benzene rings is 3. The van der Waals surface area contributed by atoms with Gasteiger partial charge in [0.1, 0.15) is 16.4 Å². The van der Waals surface area contributed by atoms with E-state index in [1.807, 2.05) is 0 Å². The number of hydrogen-bond donors (Lipinski definition) is 1. The van der Waals surface area contributed by atoms with Crippen molar-refractivity contribution in [2.45, 2.75) is 29.1 Å². The highest BCUT2D eigenvalue weighted by atomic mass is 32.2. The first-order valence-electron chi connectivity index (χ1n) is 10.6. The van der Waals surface area contributed by atoms with Crippen molar-refractivity contribution >= 4 is 21.9 Å². The van der Waals surface area contributed by atoms with Crippen LogP contribution < -0.4 is 4.74 Å². The van der Waals surface area contributed by atoms with Gasteiger partial charge in [0.2, 0.25) is 9.84 Å². The first kappa shape index (κ1) is 28.6. The third-order valence-corrected chi connectivity index (χ3v) is 6.71. The van der Waals surface area contributed by atoms with E-state index in [1.165, 1.54) is 37.3 Å². The van der Waals surface area contributed by atoms with Gasteiger partial charge in [0.25, 0.3) is 0 Å². The quantitative estimate of drug-likeness (QED) is 0.198. The second kappa shape index (κ2) is 10.8. The Hall–Kier alpha value is -4.00. The Balaban J connectivity index is 2.17. The molecule has 0 saturated carbocycles. The summed E-state index contributed by atoms with van der Waals surface area (Å²) in [6, 6.07) is 9.53. The van der Waals surface area contributed by atoms with E-state index >= 15 is 0 Å². The van der Waals surface area contributed by atoms with Gasteiger partial charge < -0.3 is 14.6 Å². The lowest BCUT2D eigenvalue weighted by Gasteiger charge is -2.20. The number of sulfone groups is 1. The van der Waals surface area contributed by atoms with E-state index in [9.17, 15) is 44.7 Å². The monoisotopic (exact) mass is 560 g/mol. The van der Waals surface area contributed by atoms with Crippen LogP contribution >= 0.6 is 0 Å². The molecule has 0 fully saturated rings. The Morgan fingerprint density at radius 1 is 0.921 bits per heavy atom. The Morgan fingerprint density at radius 3 is 2.03 bits per heavy atom. The highest BCUT2D eigenvalue weighted by Gasteiger charge is 2.43. The van der Waals surface area contributed by atoms with E-state index < -0.39 is 67.0 Å². The molecule has 0 atom stereocenters. The number of alkyl halides is 6. The highest BCUT2D eigenvalue weighted by Crippen LogP contribution is 2.47. The van der Waals surface area contributed by atoms with Gasteiger partial charge in [-0.2, -0.15) is 26.3 Å². The molecule has 0 bridgehead atoms. The maximum atomic E-state index is 13.9. The van der Waals surface area contributed by atoms with E-state index in [4.69, 9.17) is 4.74 Å². The Labute approximate surface area is 212 Å². The number of carbonyl (C=O) groups excluding carboxylic acids is 1. The number of carbonyl (C=O) groups is 1. The Bertz CT molecular complexity index is 1430. The molecule has 3 rings (SSSR count). The van der Waals surface area contributed by atoms with Gasteiger partial charge in [0, 0.05) is 12.1 Å². The lowest BCUT2D eigenvalue weighted by atomic mass is 10.0. The number of halogens is 6. The van der Waals surface area contributed by atoms with Crippen molar-refractivity contribution in [1.82, 2.24) is 0 Å². The number of phenolic OH excluding ortho intramolecular Hbond substituents is 1. The van der Waals surface area contributed by atoms with Crippen LogP contribution in [0.15, 0.2) is 76.5 Å². The van der Waals surface area contributed by atoms with Crippen LogP contribution in [0.4, 0.5) is 26.3 Å². The van der Waals surface area contributed by atoms with Crippen LogP contribution in [0.2, 0.25) is 0 Å². The minimum Gasteiger partial charge on any atom is -0.507 e. The smallest absolute Gasteiger partial charge is 0.420 e. The molecule has 1 N–H and O–H groups in total. The van der Waals surface area contributed by atoms with Crippen LogP contribution in [0.25, 0.3) is 6.08 Å². The summed E-state index contributed by atoms with van der Waals surface area (Å²) in [5.41, 5.74) is -4.30. The van der Waals surface area contributed by atoms with Crippen LogP contribution in [-0.4, -0.2) is 26.1 Å². The first-order chi connectivity index (χ1) is 17.6. The molecule has 0 amide bonds. The van der Waals surface area contributed by atoms with Gasteiger partial charge in [-0.15, -0.1) is 0 Å². The van der Waals surface area contributed by atoms with E-state index in [1.54, 1.807) is 0 Å². The van der Waals surface area contributed by atoms with Gasteiger partial charge in [0.15, 0.2) is 5.75 Å². The maximum Gasteiger partial charge on any atom is 0.420 e. The fourth-order valence-electron chi connectivity index (χ4n) is 3.25. The number of esters is 1. The van der Waals surface area contributed by atoms with Crippen LogP contribution in [0.1, 0.15) is 23.6 Å². The summed E-state index contributed by atoms with van der Waals surface area (Å²) >= 11 is 0. The van der Waals surface area contributed by atoms with Gasteiger partial charge in [-0.25, -0.2) is 13.2 Å². The number of rotatable bonds is 7. The minimum atomic E-state index is -5.35. The lowest BCUT2D eigenvalue weighted by Crippen LogP contribution is -2.14. The molecule has 0 unspecified atom stereocenters. The molecule has 6 nitrogen and oxygen atoms in total. The van der Waals surface area contributed by atoms with Crippen LogP contribution in [0, 0.1) is 0 Å². The van der Waals surface area contributed by atoms with E-state index in [2.05, 4.69) is 4.74 Å². The fraction of sp³-hybridized carbons (Fsp3) is 0.160. The topological polar surface area (TPSA) is 89.9 Å². The van der Waals surface area contributed by atoms with Gasteiger partial charge in [-0.3, -0.25) is 0 Å². The van der Waals surface area contributed by atoms with Crippen molar-refractivity contribution < 1.29 is 54.1 Å². The molecule has 38 heavy (non-hydrogen) atoms. The summed E-state index contributed by atoms with van der Waals surface area (Å²) in [6.45, 7) is 1.40. The zero-order valence-electron chi connectivity index (χ0n) is 19.3. The van der Waals surface area contributed by atoms with E-state index in [0.29, 0.717) is 24.3 Å². The number of aromatic hydroxyl groups is 1. The summed E-state index contributed by atoms with van der Waals surface area (Å²) in [4.78, 5) is 10.4. The van der Waals surface area contributed by atoms with Gasteiger partial charge >= 0.3 is 18.3 Å². The summed E-state index contributed by atoms with van der Waals surface area (Å²) in [6.07, 6.45) is -9.31. The van der Waals surface area contributed by atoms with Crippen LogP contribution in [0.5, 0.6) is 17.2 Å². The molecule has 3 aromatic rings. The first-order valence-corrected chi connectivity index (χ1v) is 12.1. The predicted octanol–water partition coefficient (Wildman–Crippen LogP) is 6.63.